The van der Waals surface area contributed by atoms with Gasteiger partial charge in [-0.05, 0) is 62.2 Å². The Bertz CT molecular complexity index is 565. The van der Waals surface area contributed by atoms with Gasteiger partial charge >= 0.3 is 0 Å². The average Bonchev–Trinajstić information content (AvgIpc) is 2.47. The van der Waals surface area contributed by atoms with Crippen LogP contribution in [0.25, 0.3) is 6.08 Å². The molecule has 6 heteroatoms. The van der Waals surface area contributed by atoms with Crippen molar-refractivity contribution < 1.29 is 10.2 Å². The zero-order valence-electron chi connectivity index (χ0n) is 10.6. The van der Waals surface area contributed by atoms with Crippen LogP contribution in [-0.4, -0.2) is 26.8 Å². The van der Waals surface area contributed by atoms with Gasteiger partial charge in [-0.25, -0.2) is 9.97 Å². The highest BCUT2D eigenvalue weighted by Crippen LogP contribution is 2.12. The highest BCUT2D eigenvalue weighted by atomic mass is 79.9. The van der Waals surface area contributed by atoms with Gasteiger partial charge in [-0.1, -0.05) is 33.6 Å². The summed E-state index contributed by atoms with van der Waals surface area (Å²) in [5, 5.41) is 17.7. The molecule has 0 aromatic carbocycles. The third kappa shape index (κ3) is 8.38. The Morgan fingerprint density at radius 2 is 1.59 bits per heavy atom. The number of aliphatic hydroxyl groups excluding tert-OH is 2. The molecule has 0 fully saturated rings. The minimum absolute atomic E-state index is 0. The fraction of sp³-hybridized carbons (Fsp3) is 0.250. The van der Waals surface area contributed by atoms with Crippen molar-refractivity contribution in [3.05, 3.63) is 63.6 Å². The van der Waals surface area contributed by atoms with Crippen molar-refractivity contribution in [2.75, 3.05) is 6.61 Å². The summed E-state index contributed by atoms with van der Waals surface area (Å²) in [7, 11) is 0. The van der Waals surface area contributed by atoms with Crippen LogP contribution in [0.5, 0.6) is 0 Å². The molecule has 22 heavy (non-hydrogen) atoms. The molecule has 0 radical (unpaired) electrons. The zero-order chi connectivity index (χ0) is 15.0. The van der Waals surface area contributed by atoms with Crippen LogP contribution in [0.15, 0.2) is 52.2 Å². The van der Waals surface area contributed by atoms with E-state index in [-0.39, 0.29) is 21.5 Å². The maximum atomic E-state index is 9.12. The second-order valence-corrected chi connectivity index (χ2v) is 5.30. The molecule has 0 amide bonds. The quantitative estimate of drug-likeness (QED) is 0.692. The molecule has 0 aliphatic rings. The highest BCUT2D eigenvalue weighted by molar-refractivity contribution is 9.10. The molecule has 2 N–H and O–H groups in total. The van der Waals surface area contributed by atoms with E-state index < -0.39 is 6.10 Å². The first-order valence-corrected chi connectivity index (χ1v) is 7.31. The van der Waals surface area contributed by atoms with Crippen molar-refractivity contribution in [3.63, 3.8) is 0 Å². The zero-order valence-corrected chi connectivity index (χ0v) is 13.7. The standard InChI is InChI=1S/C7H8BrNO2.C7H6BrN.2CH4/c8-7-3-1-2-5(9-7)6(11)4-10;1-2-6-4-3-5-7(8)9-6;;/h1-3,6,10-11H,4H2;2-5H,1H2;2*1H4/t6-;;;/m1.../s1. The first-order valence-electron chi connectivity index (χ1n) is 5.73. The summed E-state index contributed by atoms with van der Waals surface area (Å²) in [6.45, 7) is 3.29. The minimum atomic E-state index is -0.882. The first kappa shape index (κ1) is 23.2. The summed E-state index contributed by atoms with van der Waals surface area (Å²) in [4.78, 5) is 8.04. The molecule has 0 saturated heterocycles. The van der Waals surface area contributed by atoms with Crippen LogP contribution in [0.2, 0.25) is 0 Å². The Balaban J connectivity index is 0. The number of pyridine rings is 2. The van der Waals surface area contributed by atoms with Crippen LogP contribution in [0.4, 0.5) is 0 Å². The molecule has 0 saturated carbocycles. The topological polar surface area (TPSA) is 66.2 Å². The van der Waals surface area contributed by atoms with Gasteiger partial charge in [-0.3, -0.25) is 0 Å². The highest BCUT2D eigenvalue weighted by Gasteiger charge is 2.06. The lowest BCUT2D eigenvalue weighted by molar-refractivity contribution is 0.0921. The second-order valence-electron chi connectivity index (χ2n) is 3.67. The summed E-state index contributed by atoms with van der Waals surface area (Å²) in [5.74, 6) is 0. The Morgan fingerprint density at radius 3 is 2.00 bits per heavy atom. The molecule has 1 atom stereocenters. The number of hydrogen-bond donors (Lipinski definition) is 2. The largest absolute Gasteiger partial charge is 0.393 e. The number of aromatic nitrogens is 2. The van der Waals surface area contributed by atoms with Crippen LogP contribution in [0.1, 0.15) is 32.3 Å². The summed E-state index contributed by atoms with van der Waals surface area (Å²) < 4.78 is 1.50. The average molecular weight is 434 g/mol. The monoisotopic (exact) mass is 432 g/mol. The first-order chi connectivity index (χ1) is 9.56. The van der Waals surface area contributed by atoms with Crippen LogP contribution in [-0.2, 0) is 0 Å². The van der Waals surface area contributed by atoms with E-state index in [1.54, 1.807) is 24.3 Å². The van der Waals surface area contributed by atoms with Crippen molar-refractivity contribution in [1.29, 1.82) is 0 Å². The van der Waals surface area contributed by atoms with Gasteiger partial charge in [-0.15, -0.1) is 0 Å². The molecule has 2 rings (SSSR count). The van der Waals surface area contributed by atoms with Crippen LogP contribution >= 0.6 is 31.9 Å². The van der Waals surface area contributed by atoms with Crippen molar-refractivity contribution in [2.45, 2.75) is 21.0 Å². The van der Waals surface area contributed by atoms with E-state index in [4.69, 9.17) is 10.2 Å². The fourth-order valence-corrected chi connectivity index (χ4v) is 1.96. The number of halogens is 2. The van der Waals surface area contributed by atoms with Crippen LogP contribution in [0, 0.1) is 0 Å². The summed E-state index contributed by atoms with van der Waals surface area (Å²) in [5.41, 5.74) is 1.37. The van der Waals surface area contributed by atoms with E-state index in [0.717, 1.165) is 10.3 Å². The van der Waals surface area contributed by atoms with Gasteiger partial charge in [0.2, 0.25) is 0 Å². The van der Waals surface area contributed by atoms with Gasteiger partial charge in [0.05, 0.1) is 18.0 Å². The van der Waals surface area contributed by atoms with Gasteiger partial charge in [0, 0.05) is 0 Å². The molecular formula is C16H22Br2N2O2. The lowest BCUT2D eigenvalue weighted by Gasteiger charge is -2.05. The van der Waals surface area contributed by atoms with Crippen molar-refractivity contribution >= 4 is 37.9 Å². The normalized spacial score (nSPS) is 10.2. The Hall–Kier alpha value is -1.08. The summed E-state index contributed by atoms with van der Waals surface area (Å²) in [6.07, 6.45) is 0.831. The fourth-order valence-electron chi connectivity index (χ4n) is 1.24. The second kappa shape index (κ2) is 12.5. The summed E-state index contributed by atoms with van der Waals surface area (Å²) >= 11 is 6.40. The maximum Gasteiger partial charge on any atom is 0.119 e. The number of nitrogens with zero attached hydrogens (tertiary/aromatic N) is 2. The molecule has 0 spiro atoms. The SMILES string of the molecule is C.C.C=Cc1cccc(Br)n1.OC[C@@H](O)c1cccc(Br)n1. The Kier molecular flexibility index (Phi) is 13.1. The Labute approximate surface area is 149 Å². The molecular weight excluding hydrogens is 412 g/mol. The molecule has 2 aromatic rings. The van der Waals surface area contributed by atoms with Crippen molar-refractivity contribution in [3.8, 4) is 0 Å². The van der Waals surface area contributed by atoms with Gasteiger partial charge < -0.3 is 10.2 Å². The van der Waals surface area contributed by atoms with Gasteiger partial charge in [0.25, 0.3) is 0 Å². The smallest absolute Gasteiger partial charge is 0.119 e. The molecule has 2 aromatic heterocycles. The van der Waals surface area contributed by atoms with E-state index >= 15 is 0 Å². The summed E-state index contributed by atoms with van der Waals surface area (Å²) in [6, 6.07) is 10.9. The third-order valence-electron chi connectivity index (χ3n) is 2.20. The van der Waals surface area contributed by atoms with E-state index in [0.29, 0.717) is 10.3 Å². The lowest BCUT2D eigenvalue weighted by Crippen LogP contribution is -2.04. The minimum Gasteiger partial charge on any atom is -0.393 e. The molecule has 4 nitrogen and oxygen atoms in total. The van der Waals surface area contributed by atoms with E-state index in [1.165, 1.54) is 0 Å². The predicted octanol–water partition coefficient (Wildman–Crippen LogP) is 4.63. The predicted molar refractivity (Wildman–Crippen MR) is 99.5 cm³/mol. The molecule has 0 bridgehead atoms. The molecule has 0 aliphatic carbocycles. The number of hydrogen-bond acceptors (Lipinski definition) is 4. The molecule has 2 heterocycles. The molecule has 122 valence electrons. The third-order valence-corrected chi connectivity index (χ3v) is 3.08. The van der Waals surface area contributed by atoms with Crippen molar-refractivity contribution in [1.82, 2.24) is 9.97 Å². The van der Waals surface area contributed by atoms with Gasteiger partial charge in [0.1, 0.15) is 15.3 Å². The van der Waals surface area contributed by atoms with Crippen LogP contribution in [0.3, 0.4) is 0 Å². The molecule has 0 unspecified atom stereocenters. The van der Waals surface area contributed by atoms with E-state index in [2.05, 4.69) is 48.4 Å². The van der Waals surface area contributed by atoms with Crippen molar-refractivity contribution in [2.24, 2.45) is 0 Å². The lowest BCUT2D eigenvalue weighted by atomic mass is 10.2. The number of rotatable bonds is 3. The Morgan fingerprint density at radius 1 is 1.05 bits per heavy atom. The molecule has 0 aliphatic heterocycles. The number of aliphatic hydroxyl groups is 2. The van der Waals surface area contributed by atoms with Crippen LogP contribution < -0.4 is 0 Å². The maximum absolute atomic E-state index is 9.12. The van der Waals surface area contributed by atoms with E-state index in [1.807, 2.05) is 18.2 Å². The van der Waals surface area contributed by atoms with Gasteiger partial charge in [-0.2, -0.15) is 0 Å². The van der Waals surface area contributed by atoms with E-state index in [9.17, 15) is 0 Å². The van der Waals surface area contributed by atoms with Gasteiger partial charge in [0.15, 0.2) is 0 Å².